The summed E-state index contributed by atoms with van der Waals surface area (Å²) in [4.78, 5) is 12.8. The molecular weight excluding hydrogens is 432 g/mol. The molecule has 4 atom stereocenters. The van der Waals surface area contributed by atoms with Gasteiger partial charge in [-0.05, 0) is 68.2 Å². The van der Waals surface area contributed by atoms with Crippen LogP contribution in [0.15, 0.2) is 59.8 Å². The van der Waals surface area contributed by atoms with Gasteiger partial charge in [-0.2, -0.15) is 0 Å². The highest BCUT2D eigenvalue weighted by Crippen LogP contribution is 2.49. The quantitative estimate of drug-likeness (QED) is 0.479. The van der Waals surface area contributed by atoms with E-state index in [1.165, 1.54) is 37.4 Å². The summed E-state index contributed by atoms with van der Waals surface area (Å²) in [5.74, 6) is 4.16. The van der Waals surface area contributed by atoms with E-state index in [1.807, 2.05) is 59.2 Å². The van der Waals surface area contributed by atoms with Gasteiger partial charge in [0.25, 0.3) is 0 Å². The van der Waals surface area contributed by atoms with E-state index in [4.69, 9.17) is 4.74 Å². The molecule has 1 heterocycles. The number of hydrogen-bond donors (Lipinski definition) is 1. The van der Waals surface area contributed by atoms with Crippen LogP contribution in [0.3, 0.4) is 0 Å². The van der Waals surface area contributed by atoms with Crippen LogP contribution in [0.5, 0.6) is 5.75 Å². The monoisotopic (exact) mass is 462 g/mol. The van der Waals surface area contributed by atoms with Gasteiger partial charge in [0, 0.05) is 17.3 Å². The van der Waals surface area contributed by atoms with E-state index >= 15 is 0 Å². The molecule has 2 aliphatic rings. The van der Waals surface area contributed by atoms with Crippen molar-refractivity contribution in [2.75, 3.05) is 12.9 Å². The van der Waals surface area contributed by atoms with Crippen LogP contribution in [0.2, 0.25) is 0 Å². The molecule has 33 heavy (non-hydrogen) atoms. The van der Waals surface area contributed by atoms with Crippen molar-refractivity contribution < 1.29 is 9.53 Å². The minimum Gasteiger partial charge on any atom is -0.497 e. The van der Waals surface area contributed by atoms with Gasteiger partial charge in [0.05, 0.1) is 12.9 Å². The number of carbonyl (C=O) groups is 1. The SMILES string of the molecule is COc1cccc(-c2nnc(SCC(=O)NC(C)C3CC4CCC3C4)n2-c2ccccc2)c1. The maximum absolute atomic E-state index is 12.8. The van der Waals surface area contributed by atoms with Gasteiger partial charge in [0.2, 0.25) is 5.91 Å². The highest BCUT2D eigenvalue weighted by molar-refractivity contribution is 7.99. The van der Waals surface area contributed by atoms with E-state index < -0.39 is 0 Å². The van der Waals surface area contributed by atoms with Crippen molar-refractivity contribution in [2.45, 2.75) is 43.8 Å². The molecule has 6 nitrogen and oxygen atoms in total. The highest BCUT2D eigenvalue weighted by atomic mass is 32.2. The maximum atomic E-state index is 12.8. The number of thioether (sulfide) groups is 1. The largest absolute Gasteiger partial charge is 0.497 e. The second-order valence-electron chi connectivity index (χ2n) is 9.19. The average Bonchev–Trinajstić information content (AvgIpc) is 3.59. The highest BCUT2D eigenvalue weighted by Gasteiger charge is 2.42. The molecule has 2 aliphatic carbocycles. The number of para-hydroxylation sites is 1. The van der Waals surface area contributed by atoms with Gasteiger partial charge in [0.1, 0.15) is 5.75 Å². The average molecular weight is 463 g/mol. The van der Waals surface area contributed by atoms with Gasteiger partial charge in [0.15, 0.2) is 11.0 Å². The number of aromatic nitrogens is 3. The van der Waals surface area contributed by atoms with Crippen molar-refractivity contribution in [1.29, 1.82) is 0 Å². The molecule has 7 heteroatoms. The summed E-state index contributed by atoms with van der Waals surface area (Å²) >= 11 is 1.42. The molecule has 4 unspecified atom stereocenters. The van der Waals surface area contributed by atoms with Crippen molar-refractivity contribution in [2.24, 2.45) is 17.8 Å². The summed E-state index contributed by atoms with van der Waals surface area (Å²) in [5.41, 5.74) is 1.87. The molecule has 1 N–H and O–H groups in total. The van der Waals surface area contributed by atoms with Crippen LogP contribution in [-0.2, 0) is 4.79 Å². The van der Waals surface area contributed by atoms with Crippen LogP contribution < -0.4 is 10.1 Å². The molecule has 3 aromatic rings. The van der Waals surface area contributed by atoms with Gasteiger partial charge in [-0.15, -0.1) is 10.2 Å². The topological polar surface area (TPSA) is 69.0 Å². The molecular formula is C26H30N4O2S. The predicted molar refractivity (Wildman–Crippen MR) is 131 cm³/mol. The fourth-order valence-electron chi connectivity index (χ4n) is 5.56. The molecule has 2 fully saturated rings. The number of ether oxygens (including phenoxy) is 1. The number of hydrogen-bond acceptors (Lipinski definition) is 5. The summed E-state index contributed by atoms with van der Waals surface area (Å²) in [5, 5.41) is 12.9. The van der Waals surface area contributed by atoms with Crippen molar-refractivity contribution in [3.63, 3.8) is 0 Å². The summed E-state index contributed by atoms with van der Waals surface area (Å²) in [6.45, 7) is 2.17. The summed E-state index contributed by atoms with van der Waals surface area (Å²) < 4.78 is 7.40. The summed E-state index contributed by atoms with van der Waals surface area (Å²) in [6, 6.07) is 18.0. The molecule has 0 radical (unpaired) electrons. The number of rotatable bonds is 8. The van der Waals surface area contributed by atoms with Gasteiger partial charge in [-0.25, -0.2) is 0 Å². The van der Waals surface area contributed by atoms with Crippen LogP contribution in [0, 0.1) is 17.8 Å². The number of carbonyl (C=O) groups excluding carboxylic acids is 1. The normalized spacial score (nSPS) is 22.3. The van der Waals surface area contributed by atoms with Crippen molar-refractivity contribution in [1.82, 2.24) is 20.1 Å². The number of nitrogens with zero attached hydrogens (tertiary/aromatic N) is 3. The fraction of sp³-hybridized carbons (Fsp3) is 0.423. The number of nitrogens with one attached hydrogen (secondary N) is 1. The third-order valence-electron chi connectivity index (χ3n) is 7.13. The smallest absolute Gasteiger partial charge is 0.230 e. The van der Waals surface area contributed by atoms with Gasteiger partial charge < -0.3 is 10.1 Å². The Bertz CT molecular complexity index is 1120. The van der Waals surface area contributed by atoms with Gasteiger partial charge >= 0.3 is 0 Å². The summed E-state index contributed by atoms with van der Waals surface area (Å²) in [7, 11) is 1.65. The second kappa shape index (κ2) is 9.59. The van der Waals surface area contributed by atoms with Crippen molar-refractivity contribution >= 4 is 17.7 Å². The minimum absolute atomic E-state index is 0.0563. The molecule has 1 amide bonds. The Balaban J connectivity index is 1.32. The van der Waals surface area contributed by atoms with Gasteiger partial charge in [-0.1, -0.05) is 48.5 Å². The first kappa shape index (κ1) is 22.0. The molecule has 0 aliphatic heterocycles. The Morgan fingerprint density at radius 2 is 2.00 bits per heavy atom. The van der Waals surface area contributed by atoms with Crippen LogP contribution in [0.25, 0.3) is 17.1 Å². The zero-order chi connectivity index (χ0) is 22.8. The number of amides is 1. The Kier molecular flexibility index (Phi) is 6.40. The van der Waals surface area contributed by atoms with Crippen LogP contribution >= 0.6 is 11.8 Å². The third-order valence-corrected chi connectivity index (χ3v) is 8.06. The van der Waals surface area contributed by atoms with Crippen molar-refractivity contribution in [3.8, 4) is 22.8 Å². The molecule has 1 aromatic heterocycles. The first-order valence-electron chi connectivity index (χ1n) is 11.7. The van der Waals surface area contributed by atoms with Crippen molar-refractivity contribution in [3.05, 3.63) is 54.6 Å². The lowest BCUT2D eigenvalue weighted by atomic mass is 9.84. The van der Waals surface area contributed by atoms with E-state index in [2.05, 4.69) is 22.4 Å². The third kappa shape index (κ3) is 4.64. The van der Waals surface area contributed by atoms with Crippen LogP contribution in [0.4, 0.5) is 0 Å². The fourth-order valence-corrected chi connectivity index (χ4v) is 6.32. The Morgan fingerprint density at radius 3 is 2.73 bits per heavy atom. The van der Waals surface area contributed by atoms with E-state index in [0.29, 0.717) is 16.8 Å². The Labute approximate surface area is 199 Å². The Hall–Kier alpha value is -2.80. The second-order valence-corrected chi connectivity index (χ2v) is 10.1. The Morgan fingerprint density at radius 1 is 1.15 bits per heavy atom. The lowest BCUT2D eigenvalue weighted by Gasteiger charge is -2.28. The van der Waals surface area contributed by atoms with Crippen LogP contribution in [0.1, 0.15) is 32.6 Å². The molecule has 5 rings (SSSR count). The van der Waals surface area contributed by atoms with Gasteiger partial charge in [-0.3, -0.25) is 9.36 Å². The first-order chi connectivity index (χ1) is 16.1. The molecule has 0 saturated heterocycles. The number of fused-ring (bicyclic) bond motifs is 2. The number of methoxy groups -OCH3 is 1. The predicted octanol–water partition coefficient (Wildman–Crippen LogP) is 4.98. The molecule has 172 valence electrons. The van der Waals surface area contributed by atoms with E-state index in [1.54, 1.807) is 7.11 Å². The van der Waals surface area contributed by atoms with E-state index in [9.17, 15) is 4.79 Å². The van der Waals surface area contributed by atoms with E-state index in [-0.39, 0.29) is 11.9 Å². The molecule has 2 saturated carbocycles. The molecule has 2 aromatic carbocycles. The zero-order valence-electron chi connectivity index (χ0n) is 19.1. The maximum Gasteiger partial charge on any atom is 0.230 e. The molecule has 0 spiro atoms. The summed E-state index contributed by atoms with van der Waals surface area (Å²) in [6.07, 6.45) is 5.33. The zero-order valence-corrected chi connectivity index (χ0v) is 19.9. The first-order valence-corrected chi connectivity index (χ1v) is 12.7. The number of benzene rings is 2. The lowest BCUT2D eigenvalue weighted by molar-refractivity contribution is -0.119. The minimum atomic E-state index is 0.0563. The standard InChI is InChI=1S/C26H30N4O2S/c1-17(23-14-18-11-12-19(23)13-18)27-24(31)16-33-26-29-28-25(20-7-6-10-22(15-20)32-2)30(26)21-8-4-3-5-9-21/h3-10,15,17-19,23H,11-14,16H2,1-2H3,(H,27,31). The van der Waals surface area contributed by atoms with E-state index in [0.717, 1.165) is 34.7 Å². The van der Waals surface area contributed by atoms with Crippen LogP contribution in [-0.4, -0.2) is 39.6 Å². The molecule has 2 bridgehead atoms. The lowest BCUT2D eigenvalue weighted by Crippen LogP contribution is -2.40.